The Kier molecular flexibility index (Phi) is 9.92. The second-order valence-electron chi connectivity index (χ2n) is 9.20. The number of nitrogens with zero attached hydrogens (tertiary/aromatic N) is 2. The van der Waals surface area contributed by atoms with Crippen LogP contribution in [0.5, 0.6) is 17.2 Å². The summed E-state index contributed by atoms with van der Waals surface area (Å²) in [6, 6.07) is 22.7. The molecule has 0 aliphatic heterocycles. The van der Waals surface area contributed by atoms with E-state index in [4.69, 9.17) is 24.3 Å². The second-order valence-corrected chi connectivity index (χ2v) is 12.0. The molecule has 0 aliphatic carbocycles. The summed E-state index contributed by atoms with van der Waals surface area (Å²) in [7, 11) is 0.683. The number of benzene rings is 3. The molecule has 1 heterocycles. The zero-order valence-corrected chi connectivity index (χ0v) is 25.6. The number of methoxy groups -OCH3 is 3. The van der Waals surface area contributed by atoms with Crippen LogP contribution in [0, 0.1) is 11.3 Å². The fraction of sp³-hybridized carbons (Fsp3) is 0.194. The molecule has 222 valence electrons. The summed E-state index contributed by atoms with van der Waals surface area (Å²) in [6.45, 7) is 1.86. The lowest BCUT2D eigenvalue weighted by Gasteiger charge is -2.19. The first-order valence-electron chi connectivity index (χ1n) is 13.0. The number of sulfonamides is 1. The molecule has 3 N–H and O–H groups in total. The third-order valence-electron chi connectivity index (χ3n) is 6.51. The number of primary sulfonamides is 1. The predicted octanol–water partition coefficient (Wildman–Crippen LogP) is 5.47. The maximum absolute atomic E-state index is 13.3. The Labute approximate surface area is 254 Å². The number of amides is 1. The molecule has 0 saturated heterocycles. The number of rotatable bonds is 11. The molecule has 1 amide bonds. The molecule has 0 aliphatic rings. The van der Waals surface area contributed by atoms with E-state index in [1.165, 1.54) is 57.4 Å². The fourth-order valence-electron chi connectivity index (χ4n) is 4.34. The number of anilines is 1. The highest BCUT2D eigenvalue weighted by atomic mass is 32.2. The molecule has 0 saturated carbocycles. The first-order valence-corrected chi connectivity index (χ1v) is 15.5. The van der Waals surface area contributed by atoms with Crippen LogP contribution in [-0.4, -0.2) is 45.9 Å². The van der Waals surface area contributed by atoms with Gasteiger partial charge < -0.3 is 19.5 Å². The number of thioether (sulfide) groups is 1. The molecule has 3 aromatic carbocycles. The van der Waals surface area contributed by atoms with Gasteiger partial charge in [-0.15, -0.1) is 0 Å². The number of carbonyl (C=O) groups excluding carboxylic acids is 1. The van der Waals surface area contributed by atoms with Crippen LogP contribution in [-0.2, 0) is 14.8 Å². The largest absolute Gasteiger partial charge is 0.493 e. The lowest BCUT2D eigenvalue weighted by atomic mass is 9.98. The van der Waals surface area contributed by atoms with Crippen molar-refractivity contribution in [2.75, 3.05) is 26.6 Å². The fourth-order valence-corrected chi connectivity index (χ4v) is 5.89. The average Bonchev–Trinajstić information content (AvgIpc) is 3.02. The van der Waals surface area contributed by atoms with Gasteiger partial charge in [0.05, 0.1) is 42.7 Å². The molecule has 0 spiro atoms. The van der Waals surface area contributed by atoms with Crippen molar-refractivity contribution >= 4 is 33.4 Å². The van der Waals surface area contributed by atoms with Crippen molar-refractivity contribution in [3.8, 4) is 45.7 Å². The maximum Gasteiger partial charge on any atom is 0.238 e. The highest BCUT2D eigenvalue weighted by Crippen LogP contribution is 2.44. The summed E-state index contributed by atoms with van der Waals surface area (Å²) >= 11 is 1.17. The summed E-state index contributed by atoms with van der Waals surface area (Å²) in [4.78, 5) is 18.1. The number of nitrogens with two attached hydrogens (primary N) is 1. The van der Waals surface area contributed by atoms with Gasteiger partial charge in [-0.2, -0.15) is 5.26 Å². The number of hydrogen-bond acceptors (Lipinski definition) is 9. The van der Waals surface area contributed by atoms with Crippen LogP contribution in [0.1, 0.15) is 18.9 Å². The van der Waals surface area contributed by atoms with Crippen LogP contribution in [0.25, 0.3) is 22.4 Å². The number of hydrogen-bond donors (Lipinski definition) is 2. The Morgan fingerprint density at radius 1 is 0.977 bits per heavy atom. The Balaban J connectivity index is 1.79. The molecule has 1 unspecified atom stereocenters. The van der Waals surface area contributed by atoms with Crippen LogP contribution in [0.4, 0.5) is 5.69 Å². The monoisotopic (exact) mass is 618 g/mol. The Bertz CT molecular complexity index is 1750. The summed E-state index contributed by atoms with van der Waals surface area (Å²) in [5.74, 6) is 0.930. The van der Waals surface area contributed by atoms with Gasteiger partial charge in [-0.25, -0.2) is 18.5 Å². The Hall–Kier alpha value is -4.57. The summed E-state index contributed by atoms with van der Waals surface area (Å²) in [6.07, 6.45) is 0.424. The molecular weight excluding hydrogens is 588 g/mol. The molecule has 0 fully saturated rings. The second kappa shape index (κ2) is 13.6. The molecule has 43 heavy (non-hydrogen) atoms. The van der Waals surface area contributed by atoms with E-state index in [9.17, 15) is 18.5 Å². The summed E-state index contributed by atoms with van der Waals surface area (Å²) in [5.41, 5.74) is 3.34. The highest BCUT2D eigenvalue weighted by Gasteiger charge is 2.25. The van der Waals surface area contributed by atoms with E-state index < -0.39 is 15.3 Å². The minimum absolute atomic E-state index is 0.0631. The normalized spacial score (nSPS) is 11.7. The number of carbonyl (C=O) groups is 1. The van der Waals surface area contributed by atoms with Gasteiger partial charge in [-0.3, -0.25) is 4.79 Å². The average molecular weight is 619 g/mol. The first-order chi connectivity index (χ1) is 20.6. The van der Waals surface area contributed by atoms with Gasteiger partial charge >= 0.3 is 0 Å². The molecular formula is C31H30N4O6S2. The quantitative estimate of drug-likeness (QED) is 0.208. The van der Waals surface area contributed by atoms with Crippen molar-refractivity contribution in [1.29, 1.82) is 5.26 Å². The third kappa shape index (κ3) is 7.09. The summed E-state index contributed by atoms with van der Waals surface area (Å²) in [5, 5.41) is 18.1. The van der Waals surface area contributed by atoms with E-state index in [0.717, 1.165) is 5.56 Å². The lowest BCUT2D eigenvalue weighted by molar-refractivity contribution is -0.115. The van der Waals surface area contributed by atoms with Crippen LogP contribution in [0.15, 0.2) is 82.7 Å². The van der Waals surface area contributed by atoms with Crippen molar-refractivity contribution in [2.45, 2.75) is 28.5 Å². The van der Waals surface area contributed by atoms with E-state index in [0.29, 0.717) is 51.2 Å². The smallest absolute Gasteiger partial charge is 0.238 e. The van der Waals surface area contributed by atoms with Gasteiger partial charge in [-0.05, 0) is 54.4 Å². The SMILES string of the molecule is CCC(Sc1nc(-c2ccccc2)cc(-c2cc(OC)c(OC)c(OC)c2)c1C#N)C(=O)Nc1ccc(S(N)(=O)=O)cc1. The van der Waals surface area contributed by atoms with Crippen LogP contribution >= 0.6 is 11.8 Å². The molecule has 0 bridgehead atoms. The maximum atomic E-state index is 13.3. The number of pyridine rings is 1. The first kappa shape index (κ1) is 31.4. The molecule has 12 heteroatoms. The van der Waals surface area contributed by atoms with E-state index >= 15 is 0 Å². The van der Waals surface area contributed by atoms with Gasteiger partial charge in [0.2, 0.25) is 21.7 Å². The van der Waals surface area contributed by atoms with Crippen molar-refractivity contribution in [2.24, 2.45) is 5.14 Å². The van der Waals surface area contributed by atoms with E-state index in [-0.39, 0.29) is 16.4 Å². The number of nitriles is 1. The molecule has 0 radical (unpaired) electrons. The minimum atomic E-state index is -3.86. The van der Waals surface area contributed by atoms with Crippen molar-refractivity contribution in [3.05, 3.63) is 78.4 Å². The Morgan fingerprint density at radius 2 is 1.60 bits per heavy atom. The molecule has 4 rings (SSSR count). The lowest BCUT2D eigenvalue weighted by Crippen LogP contribution is -2.25. The van der Waals surface area contributed by atoms with Crippen molar-refractivity contribution in [1.82, 2.24) is 4.98 Å². The Morgan fingerprint density at radius 3 is 2.12 bits per heavy atom. The number of aromatic nitrogens is 1. The van der Waals surface area contributed by atoms with E-state index in [2.05, 4.69) is 11.4 Å². The van der Waals surface area contributed by atoms with Crippen LogP contribution < -0.4 is 24.7 Å². The predicted molar refractivity (Wildman–Crippen MR) is 166 cm³/mol. The van der Waals surface area contributed by atoms with Gasteiger partial charge in [0.1, 0.15) is 11.1 Å². The third-order valence-corrected chi connectivity index (χ3v) is 8.79. The number of nitrogens with one attached hydrogen (secondary N) is 1. The molecule has 1 aromatic heterocycles. The van der Waals surface area contributed by atoms with Gasteiger partial charge in [-0.1, -0.05) is 49.0 Å². The van der Waals surface area contributed by atoms with Gasteiger partial charge in [0, 0.05) is 16.8 Å². The summed E-state index contributed by atoms with van der Waals surface area (Å²) < 4.78 is 39.7. The van der Waals surface area contributed by atoms with Crippen LogP contribution in [0.2, 0.25) is 0 Å². The van der Waals surface area contributed by atoms with E-state index in [1.807, 2.05) is 43.3 Å². The molecule has 4 aromatic rings. The van der Waals surface area contributed by atoms with Crippen LogP contribution in [0.3, 0.4) is 0 Å². The molecule has 1 atom stereocenters. The number of ether oxygens (including phenoxy) is 3. The van der Waals surface area contributed by atoms with Crippen molar-refractivity contribution < 1.29 is 27.4 Å². The topological polar surface area (TPSA) is 154 Å². The van der Waals surface area contributed by atoms with Gasteiger partial charge in [0.25, 0.3) is 0 Å². The highest BCUT2D eigenvalue weighted by molar-refractivity contribution is 8.00. The van der Waals surface area contributed by atoms with Crippen molar-refractivity contribution in [3.63, 3.8) is 0 Å². The molecule has 10 nitrogen and oxygen atoms in total. The zero-order valence-electron chi connectivity index (χ0n) is 24.0. The zero-order chi connectivity index (χ0) is 31.1. The minimum Gasteiger partial charge on any atom is -0.493 e. The standard InChI is InChI=1S/C31H30N4O6S2/c1-5-28(30(36)34-21-11-13-22(14-12-21)43(33,37)38)42-31-24(18-32)23(17-25(35-31)19-9-7-6-8-10-19)20-15-26(39-2)29(41-4)27(16-20)40-3/h6-17,28H,5H2,1-4H3,(H,34,36)(H2,33,37,38). The van der Waals surface area contributed by atoms with Gasteiger partial charge in [0.15, 0.2) is 11.5 Å². The van der Waals surface area contributed by atoms with E-state index in [1.54, 1.807) is 12.1 Å².